The van der Waals surface area contributed by atoms with Gasteiger partial charge >= 0.3 is 6.03 Å². The van der Waals surface area contributed by atoms with Crippen molar-refractivity contribution in [2.75, 3.05) is 18.4 Å². The number of halogens is 1. The molecule has 3 amide bonds. The Morgan fingerprint density at radius 1 is 1.05 bits per heavy atom. The molecule has 5 heteroatoms. The quantitative estimate of drug-likeness (QED) is 0.435. The van der Waals surface area contributed by atoms with Crippen molar-refractivity contribution in [2.45, 2.75) is 25.8 Å². The van der Waals surface area contributed by atoms with Crippen molar-refractivity contribution >= 4 is 27.9 Å². The summed E-state index contributed by atoms with van der Waals surface area (Å²) in [6.07, 6.45) is 3.12. The maximum Gasteiger partial charge on any atom is 0.327 e. The van der Waals surface area contributed by atoms with Gasteiger partial charge in [-0.3, -0.25) is 9.69 Å². The zero-order valence-electron chi connectivity index (χ0n) is 11.4. The van der Waals surface area contributed by atoms with Crippen molar-refractivity contribution in [3.63, 3.8) is 0 Å². The van der Waals surface area contributed by atoms with Gasteiger partial charge in [-0.25, -0.2) is 4.79 Å². The van der Waals surface area contributed by atoms with E-state index in [4.69, 9.17) is 0 Å². The molecule has 0 bridgehead atoms. The minimum atomic E-state index is -0.155. The number of amides is 3. The minimum absolute atomic E-state index is 0.0978. The van der Waals surface area contributed by atoms with Crippen LogP contribution in [0.2, 0.25) is 0 Å². The van der Waals surface area contributed by atoms with Crippen LogP contribution in [0.4, 0.5) is 4.79 Å². The highest BCUT2D eigenvalue weighted by Crippen LogP contribution is 2.15. The summed E-state index contributed by atoms with van der Waals surface area (Å²) in [6.45, 7) is 1.26. The van der Waals surface area contributed by atoms with Crippen LogP contribution in [-0.4, -0.2) is 40.2 Å². The SMILES string of the molecule is O=C1CN(CCCCCBr)C(=O)N1Cc1ccccc1. The summed E-state index contributed by atoms with van der Waals surface area (Å²) in [5.41, 5.74) is 0.982. The summed E-state index contributed by atoms with van der Waals surface area (Å²) in [5, 5.41) is 0.986. The van der Waals surface area contributed by atoms with E-state index in [-0.39, 0.29) is 18.5 Å². The second kappa shape index (κ2) is 7.43. The molecule has 1 saturated heterocycles. The molecule has 108 valence electrons. The van der Waals surface area contributed by atoms with Crippen LogP contribution in [0.1, 0.15) is 24.8 Å². The maximum atomic E-state index is 12.2. The zero-order valence-corrected chi connectivity index (χ0v) is 13.0. The van der Waals surface area contributed by atoms with Crippen LogP contribution in [0, 0.1) is 0 Å². The predicted molar refractivity (Wildman–Crippen MR) is 81.6 cm³/mol. The van der Waals surface area contributed by atoms with Crippen molar-refractivity contribution in [1.29, 1.82) is 0 Å². The molecule has 1 heterocycles. The molecule has 0 aliphatic carbocycles. The van der Waals surface area contributed by atoms with Crippen LogP contribution in [0.25, 0.3) is 0 Å². The number of alkyl halides is 1. The van der Waals surface area contributed by atoms with E-state index in [1.165, 1.54) is 4.90 Å². The highest BCUT2D eigenvalue weighted by Gasteiger charge is 2.35. The molecule has 1 aromatic rings. The Hall–Kier alpha value is -1.36. The van der Waals surface area contributed by atoms with Crippen molar-refractivity contribution in [3.05, 3.63) is 35.9 Å². The first kappa shape index (κ1) is 15.0. The second-order valence-corrected chi connectivity index (χ2v) is 5.71. The van der Waals surface area contributed by atoms with E-state index < -0.39 is 0 Å². The minimum Gasteiger partial charge on any atom is -0.315 e. The van der Waals surface area contributed by atoms with Gasteiger partial charge < -0.3 is 4.90 Å². The summed E-state index contributed by atoms with van der Waals surface area (Å²) in [7, 11) is 0. The molecule has 4 nitrogen and oxygen atoms in total. The van der Waals surface area contributed by atoms with Crippen molar-refractivity contribution in [3.8, 4) is 0 Å². The lowest BCUT2D eigenvalue weighted by Crippen LogP contribution is -2.33. The van der Waals surface area contributed by atoms with Gasteiger partial charge in [-0.1, -0.05) is 52.7 Å². The largest absolute Gasteiger partial charge is 0.327 e. The standard InChI is InChI=1S/C15H19BrN2O2/c16-9-5-2-6-10-17-12-14(19)18(15(17)20)11-13-7-3-1-4-8-13/h1,3-4,7-8H,2,5-6,9-12H2. The first-order valence-electron chi connectivity index (χ1n) is 6.91. The molecule has 1 aromatic carbocycles. The molecule has 1 aliphatic rings. The Kier molecular flexibility index (Phi) is 5.59. The maximum absolute atomic E-state index is 12.2. The number of hydrogen-bond acceptors (Lipinski definition) is 2. The van der Waals surface area contributed by atoms with Crippen LogP contribution in [0.3, 0.4) is 0 Å². The molecule has 0 radical (unpaired) electrons. The number of unbranched alkanes of at least 4 members (excludes halogenated alkanes) is 2. The summed E-state index contributed by atoms with van der Waals surface area (Å²) in [5.74, 6) is -0.0978. The van der Waals surface area contributed by atoms with E-state index in [1.807, 2.05) is 30.3 Å². The van der Waals surface area contributed by atoms with Gasteiger partial charge in [0.25, 0.3) is 5.91 Å². The van der Waals surface area contributed by atoms with Crippen LogP contribution in [0.15, 0.2) is 30.3 Å². The smallest absolute Gasteiger partial charge is 0.315 e. The average Bonchev–Trinajstić information content (AvgIpc) is 2.72. The van der Waals surface area contributed by atoms with E-state index in [0.717, 1.165) is 30.2 Å². The summed E-state index contributed by atoms with van der Waals surface area (Å²) in [6, 6.07) is 9.46. The lowest BCUT2D eigenvalue weighted by atomic mass is 10.2. The fraction of sp³-hybridized carbons (Fsp3) is 0.467. The Morgan fingerprint density at radius 3 is 2.50 bits per heavy atom. The van der Waals surface area contributed by atoms with Gasteiger partial charge in [0.1, 0.15) is 6.54 Å². The number of carbonyl (C=O) groups excluding carboxylic acids is 2. The number of nitrogens with zero attached hydrogens (tertiary/aromatic N) is 2. The molecule has 1 aliphatic heterocycles. The molecule has 20 heavy (non-hydrogen) atoms. The van der Waals surface area contributed by atoms with Crippen LogP contribution in [0.5, 0.6) is 0 Å². The lowest BCUT2D eigenvalue weighted by Gasteiger charge is -2.17. The van der Waals surface area contributed by atoms with Gasteiger partial charge in [-0.2, -0.15) is 0 Å². The fourth-order valence-electron chi connectivity index (χ4n) is 2.26. The van der Waals surface area contributed by atoms with Gasteiger partial charge in [0.15, 0.2) is 0 Å². The molecule has 0 N–H and O–H groups in total. The number of carbonyl (C=O) groups is 2. The molecule has 1 fully saturated rings. The molecule has 0 spiro atoms. The van der Waals surface area contributed by atoms with Crippen LogP contribution >= 0.6 is 15.9 Å². The summed E-state index contributed by atoms with van der Waals surface area (Å²) in [4.78, 5) is 27.1. The Balaban J connectivity index is 1.88. The molecule has 0 unspecified atom stereocenters. The van der Waals surface area contributed by atoms with E-state index in [2.05, 4.69) is 15.9 Å². The first-order chi connectivity index (χ1) is 9.72. The zero-order chi connectivity index (χ0) is 14.4. The predicted octanol–water partition coefficient (Wildman–Crippen LogP) is 3.02. The Labute approximate surface area is 127 Å². The third-order valence-electron chi connectivity index (χ3n) is 3.37. The summed E-state index contributed by atoms with van der Waals surface area (Å²) >= 11 is 3.39. The van der Waals surface area contributed by atoms with E-state index in [9.17, 15) is 9.59 Å². The van der Waals surface area contributed by atoms with E-state index in [1.54, 1.807) is 4.90 Å². The van der Waals surface area contributed by atoms with Crippen molar-refractivity contribution < 1.29 is 9.59 Å². The van der Waals surface area contributed by atoms with Gasteiger partial charge in [-0.15, -0.1) is 0 Å². The van der Waals surface area contributed by atoms with Gasteiger partial charge in [-0.05, 0) is 18.4 Å². The van der Waals surface area contributed by atoms with Gasteiger partial charge in [0.2, 0.25) is 0 Å². The highest BCUT2D eigenvalue weighted by molar-refractivity contribution is 9.09. The number of hydrogen-bond donors (Lipinski definition) is 0. The van der Waals surface area contributed by atoms with Gasteiger partial charge in [0.05, 0.1) is 6.54 Å². The monoisotopic (exact) mass is 338 g/mol. The Morgan fingerprint density at radius 2 is 1.80 bits per heavy atom. The third-order valence-corrected chi connectivity index (χ3v) is 3.93. The molecule has 2 rings (SSSR count). The number of benzene rings is 1. The average molecular weight is 339 g/mol. The second-order valence-electron chi connectivity index (χ2n) is 4.92. The van der Waals surface area contributed by atoms with E-state index >= 15 is 0 Å². The first-order valence-corrected chi connectivity index (χ1v) is 8.03. The van der Waals surface area contributed by atoms with Crippen molar-refractivity contribution in [2.24, 2.45) is 0 Å². The molecular weight excluding hydrogens is 320 g/mol. The molecule has 0 saturated carbocycles. The molecule has 0 aromatic heterocycles. The Bertz CT molecular complexity index is 464. The highest BCUT2D eigenvalue weighted by atomic mass is 79.9. The van der Waals surface area contributed by atoms with Crippen LogP contribution in [-0.2, 0) is 11.3 Å². The topological polar surface area (TPSA) is 40.6 Å². The number of urea groups is 1. The van der Waals surface area contributed by atoms with Crippen LogP contribution < -0.4 is 0 Å². The summed E-state index contributed by atoms with van der Waals surface area (Å²) < 4.78 is 0. The fourth-order valence-corrected chi connectivity index (χ4v) is 2.66. The number of imide groups is 1. The van der Waals surface area contributed by atoms with E-state index in [0.29, 0.717) is 13.1 Å². The molecule has 0 atom stereocenters. The van der Waals surface area contributed by atoms with Crippen molar-refractivity contribution in [1.82, 2.24) is 9.80 Å². The van der Waals surface area contributed by atoms with Gasteiger partial charge in [0, 0.05) is 11.9 Å². The lowest BCUT2D eigenvalue weighted by molar-refractivity contribution is -0.125. The third kappa shape index (κ3) is 3.82. The normalized spacial score (nSPS) is 15.2. The number of rotatable bonds is 7. The molecular formula is C15H19BrN2O2.